The Morgan fingerprint density at radius 1 is 1.36 bits per heavy atom. The van der Waals surface area contributed by atoms with Crippen molar-refractivity contribution in [3.05, 3.63) is 35.6 Å². The molecule has 1 aliphatic carbocycles. The maximum atomic E-state index is 12.9. The number of carbonyl (C=O) groups excluding carboxylic acids is 1. The van der Waals surface area contributed by atoms with Gasteiger partial charge in [0.25, 0.3) is 0 Å². The van der Waals surface area contributed by atoms with Crippen LogP contribution in [0.5, 0.6) is 0 Å². The fourth-order valence-corrected chi connectivity index (χ4v) is 3.09. The third-order valence-electron chi connectivity index (χ3n) is 4.33. The summed E-state index contributed by atoms with van der Waals surface area (Å²) in [5, 5.41) is 12.1. The molecule has 1 fully saturated rings. The zero-order valence-corrected chi connectivity index (χ0v) is 13.4. The lowest BCUT2D eigenvalue weighted by Crippen LogP contribution is -2.31. The molecule has 3 nitrogen and oxygen atoms in total. The van der Waals surface area contributed by atoms with E-state index < -0.39 is 0 Å². The summed E-state index contributed by atoms with van der Waals surface area (Å²) < 4.78 is 12.9. The lowest BCUT2D eigenvalue weighted by atomic mass is 9.94. The normalized spacial score (nSPS) is 21.7. The van der Waals surface area contributed by atoms with E-state index in [1.165, 1.54) is 12.1 Å². The van der Waals surface area contributed by atoms with E-state index in [0.717, 1.165) is 24.8 Å². The van der Waals surface area contributed by atoms with Gasteiger partial charge in [-0.3, -0.25) is 4.79 Å². The van der Waals surface area contributed by atoms with Crippen LogP contribution in [0.3, 0.4) is 0 Å². The van der Waals surface area contributed by atoms with Crippen molar-refractivity contribution in [1.82, 2.24) is 5.32 Å². The molecule has 3 unspecified atom stereocenters. The number of nitrogens with one attached hydrogen (secondary N) is 1. The largest absolute Gasteiger partial charge is 0.396 e. The second kappa shape index (κ2) is 7.73. The maximum Gasteiger partial charge on any atom is 0.223 e. The number of rotatable bonds is 8. The van der Waals surface area contributed by atoms with Gasteiger partial charge in [0.15, 0.2) is 0 Å². The highest BCUT2D eigenvalue weighted by molar-refractivity contribution is 5.82. The smallest absolute Gasteiger partial charge is 0.223 e. The zero-order chi connectivity index (χ0) is 16.1. The van der Waals surface area contributed by atoms with Crippen molar-refractivity contribution < 1.29 is 14.3 Å². The topological polar surface area (TPSA) is 49.3 Å². The molecule has 1 aromatic carbocycles. The molecular weight excluding hydrogens is 281 g/mol. The maximum absolute atomic E-state index is 12.9. The van der Waals surface area contributed by atoms with Crippen LogP contribution in [0, 0.1) is 23.6 Å². The van der Waals surface area contributed by atoms with Crippen molar-refractivity contribution in [3.8, 4) is 0 Å². The molecule has 4 heteroatoms. The number of halogens is 1. The Morgan fingerprint density at radius 2 is 2.05 bits per heavy atom. The number of hydrogen-bond acceptors (Lipinski definition) is 2. The number of carbonyl (C=O) groups is 1. The molecule has 122 valence electrons. The fourth-order valence-electron chi connectivity index (χ4n) is 3.09. The van der Waals surface area contributed by atoms with Crippen LogP contribution < -0.4 is 5.32 Å². The molecular formula is C18H26FNO2. The van der Waals surface area contributed by atoms with Gasteiger partial charge in [-0.1, -0.05) is 26.0 Å². The highest BCUT2D eigenvalue weighted by Gasteiger charge is 2.43. The Labute approximate surface area is 131 Å². The molecule has 0 aliphatic heterocycles. The Hall–Kier alpha value is -1.42. The second-order valence-electron chi connectivity index (χ2n) is 6.75. The molecule has 1 aliphatic rings. The number of aliphatic hydroxyl groups is 1. The van der Waals surface area contributed by atoms with Gasteiger partial charge in [0.05, 0.1) is 0 Å². The average molecular weight is 307 g/mol. The van der Waals surface area contributed by atoms with Crippen LogP contribution in [0.1, 0.15) is 44.6 Å². The van der Waals surface area contributed by atoms with Gasteiger partial charge in [-0.25, -0.2) is 4.39 Å². The summed E-state index contributed by atoms with van der Waals surface area (Å²) in [4.78, 5) is 12.2. The van der Waals surface area contributed by atoms with Crippen LogP contribution in [-0.2, 0) is 4.79 Å². The monoisotopic (exact) mass is 307 g/mol. The first kappa shape index (κ1) is 16.9. The standard InChI is InChI=1S/C18H26FNO2/c1-12(2)9-13(7-8-21)11-20-18(22)17-10-16(17)14-3-5-15(19)6-4-14/h3-6,12-13,16-17,21H,7-11H2,1-2H3,(H,20,22). The zero-order valence-electron chi connectivity index (χ0n) is 13.4. The highest BCUT2D eigenvalue weighted by Crippen LogP contribution is 2.47. The first-order valence-electron chi connectivity index (χ1n) is 8.15. The average Bonchev–Trinajstić information content (AvgIpc) is 3.25. The van der Waals surface area contributed by atoms with E-state index in [-0.39, 0.29) is 30.2 Å². The molecule has 0 spiro atoms. The van der Waals surface area contributed by atoms with Gasteiger partial charge in [-0.2, -0.15) is 0 Å². The van der Waals surface area contributed by atoms with Crippen molar-refractivity contribution in [2.45, 2.75) is 39.0 Å². The van der Waals surface area contributed by atoms with E-state index in [1.807, 2.05) is 0 Å². The SMILES string of the molecule is CC(C)CC(CCO)CNC(=O)C1CC1c1ccc(F)cc1. The molecule has 0 aromatic heterocycles. The van der Waals surface area contributed by atoms with Crippen LogP contribution >= 0.6 is 0 Å². The molecule has 1 amide bonds. The van der Waals surface area contributed by atoms with Gasteiger partial charge in [-0.05, 0) is 54.7 Å². The van der Waals surface area contributed by atoms with Crippen molar-refractivity contribution in [1.29, 1.82) is 0 Å². The highest BCUT2D eigenvalue weighted by atomic mass is 19.1. The number of hydrogen-bond donors (Lipinski definition) is 2. The Morgan fingerprint density at radius 3 is 2.64 bits per heavy atom. The van der Waals surface area contributed by atoms with Crippen LogP contribution in [-0.4, -0.2) is 24.2 Å². The van der Waals surface area contributed by atoms with Crippen LogP contribution in [0.4, 0.5) is 4.39 Å². The first-order valence-corrected chi connectivity index (χ1v) is 8.15. The third-order valence-corrected chi connectivity index (χ3v) is 4.33. The van der Waals surface area contributed by atoms with Crippen molar-refractivity contribution in [2.24, 2.45) is 17.8 Å². The lowest BCUT2D eigenvalue weighted by molar-refractivity contribution is -0.122. The Kier molecular flexibility index (Phi) is 5.95. The first-order chi connectivity index (χ1) is 10.5. The number of benzene rings is 1. The predicted octanol–water partition coefficient (Wildman–Crippen LogP) is 3.09. The van der Waals surface area contributed by atoms with Gasteiger partial charge in [0, 0.05) is 19.1 Å². The minimum Gasteiger partial charge on any atom is -0.396 e. The quantitative estimate of drug-likeness (QED) is 0.775. The van der Waals surface area contributed by atoms with Gasteiger partial charge >= 0.3 is 0 Å². The molecule has 2 rings (SSSR count). The second-order valence-corrected chi connectivity index (χ2v) is 6.75. The summed E-state index contributed by atoms with van der Waals surface area (Å²) in [7, 11) is 0. The van der Waals surface area contributed by atoms with Crippen LogP contribution in [0.25, 0.3) is 0 Å². The van der Waals surface area contributed by atoms with Gasteiger partial charge < -0.3 is 10.4 Å². The van der Waals surface area contributed by atoms with E-state index >= 15 is 0 Å². The van der Waals surface area contributed by atoms with Crippen molar-refractivity contribution in [2.75, 3.05) is 13.2 Å². The van der Waals surface area contributed by atoms with E-state index in [9.17, 15) is 9.18 Å². The predicted molar refractivity (Wildman–Crippen MR) is 84.9 cm³/mol. The summed E-state index contributed by atoms with van der Waals surface area (Å²) in [5.41, 5.74) is 1.04. The van der Waals surface area contributed by atoms with Crippen molar-refractivity contribution in [3.63, 3.8) is 0 Å². The Balaban J connectivity index is 1.79. The Bertz CT molecular complexity index is 486. The van der Waals surface area contributed by atoms with Crippen molar-refractivity contribution >= 4 is 5.91 Å². The molecule has 3 atom stereocenters. The minimum atomic E-state index is -0.245. The molecule has 22 heavy (non-hydrogen) atoms. The summed E-state index contributed by atoms with van der Waals surface area (Å²) >= 11 is 0. The number of aliphatic hydroxyl groups excluding tert-OH is 1. The molecule has 2 N–H and O–H groups in total. The minimum absolute atomic E-state index is 0.0132. The third kappa shape index (κ3) is 4.80. The van der Waals surface area contributed by atoms with Gasteiger partial charge in [0.1, 0.15) is 5.82 Å². The summed E-state index contributed by atoms with van der Waals surface area (Å²) in [6, 6.07) is 6.42. The molecule has 1 aromatic rings. The molecule has 1 saturated carbocycles. The van der Waals surface area contributed by atoms with E-state index in [2.05, 4.69) is 19.2 Å². The van der Waals surface area contributed by atoms with Gasteiger partial charge in [-0.15, -0.1) is 0 Å². The van der Waals surface area contributed by atoms with Crippen LogP contribution in [0.2, 0.25) is 0 Å². The van der Waals surface area contributed by atoms with E-state index in [4.69, 9.17) is 5.11 Å². The van der Waals surface area contributed by atoms with Crippen LogP contribution in [0.15, 0.2) is 24.3 Å². The molecule has 0 heterocycles. The molecule has 0 saturated heterocycles. The van der Waals surface area contributed by atoms with E-state index in [0.29, 0.717) is 18.4 Å². The summed E-state index contributed by atoms with van der Waals surface area (Å²) in [5.74, 6) is 0.964. The number of amides is 1. The fraction of sp³-hybridized carbons (Fsp3) is 0.611. The molecule has 0 radical (unpaired) electrons. The van der Waals surface area contributed by atoms with Gasteiger partial charge in [0.2, 0.25) is 5.91 Å². The summed E-state index contributed by atoms with van der Waals surface area (Å²) in [6.45, 7) is 5.09. The summed E-state index contributed by atoms with van der Waals surface area (Å²) in [6.07, 6.45) is 2.57. The van der Waals surface area contributed by atoms with E-state index in [1.54, 1.807) is 12.1 Å². The lowest BCUT2D eigenvalue weighted by Gasteiger charge is -2.18. The molecule has 0 bridgehead atoms.